The highest BCUT2D eigenvalue weighted by Crippen LogP contribution is 2.69. The lowest BCUT2D eigenvalue weighted by Gasteiger charge is -2.46. The van der Waals surface area contributed by atoms with Crippen molar-refractivity contribution >= 4 is 16.8 Å². The smallest absolute Gasteiger partial charge is 0.274 e. The molecule has 0 unspecified atom stereocenters. The second kappa shape index (κ2) is 10.5. The highest BCUT2D eigenvalue weighted by atomic mass is 35.5. The number of hydrogen-bond acceptors (Lipinski definition) is 1. The highest BCUT2D eigenvalue weighted by molar-refractivity contribution is 6.65. The van der Waals surface area contributed by atoms with Crippen LogP contribution in [0.4, 0.5) is 127 Å². The van der Waals surface area contributed by atoms with Crippen molar-refractivity contribution in [3.63, 3.8) is 0 Å². The third-order valence-corrected chi connectivity index (χ3v) is 5.57. The molecule has 0 aromatic heterocycles. The topological polar surface area (TPSA) is 17.1 Å². The van der Waals surface area contributed by atoms with Gasteiger partial charge in [-0.1, -0.05) is 0 Å². The summed E-state index contributed by atoms with van der Waals surface area (Å²) in [6.07, 6.45) is -8.31. The maximum Gasteiger partial charge on any atom is 0.460 e. The molecule has 0 radical (unpaired) electrons. The molecule has 0 fully saturated rings. The lowest BCUT2D eigenvalue weighted by atomic mass is 9.83. The highest BCUT2D eigenvalue weighted by Gasteiger charge is 3.01. The van der Waals surface area contributed by atoms with E-state index in [9.17, 15) is 132 Å². The number of halogens is 30. The Morgan fingerprint density at radius 1 is 0.261 bits per heavy atom. The number of alkyl halides is 29. The van der Waals surface area contributed by atoms with Crippen LogP contribution in [-0.4, -0.2) is 88.4 Å². The van der Waals surface area contributed by atoms with Crippen LogP contribution in [0.5, 0.6) is 0 Å². The minimum Gasteiger partial charge on any atom is -0.274 e. The Bertz CT molecular complexity index is 1160. The summed E-state index contributed by atoms with van der Waals surface area (Å²) in [6, 6.07) is 0. The fraction of sp³-hybridized carbons (Fsp3) is 0.933. The number of rotatable bonds is 13. The van der Waals surface area contributed by atoms with Gasteiger partial charge in [-0.25, -0.2) is 0 Å². The van der Waals surface area contributed by atoms with E-state index in [-0.39, 0.29) is 0 Å². The Labute approximate surface area is 233 Å². The first-order valence-corrected chi connectivity index (χ1v) is 9.75. The van der Waals surface area contributed by atoms with Crippen molar-refractivity contribution in [3.05, 3.63) is 0 Å². The quantitative estimate of drug-likeness (QED) is 0.135. The van der Waals surface area contributed by atoms with Gasteiger partial charge in [0.05, 0.1) is 0 Å². The molecule has 0 atom stereocenters. The maximum absolute atomic E-state index is 13.6. The molecule has 0 amide bonds. The minimum absolute atomic E-state index is 3.58. The van der Waals surface area contributed by atoms with Gasteiger partial charge >= 0.3 is 83.2 Å². The molecular weight excluding hydrogens is 783 g/mol. The fourth-order valence-electron chi connectivity index (χ4n) is 2.47. The zero-order valence-electron chi connectivity index (χ0n) is 19.2. The normalized spacial score (nSPS) is 17.0. The molecule has 0 heterocycles. The van der Waals surface area contributed by atoms with Gasteiger partial charge in [-0.05, 0) is 11.6 Å². The van der Waals surface area contributed by atoms with E-state index in [0.29, 0.717) is 0 Å². The van der Waals surface area contributed by atoms with E-state index in [1.807, 2.05) is 0 Å². The fourth-order valence-corrected chi connectivity index (χ4v) is 2.59. The molecule has 0 aliphatic carbocycles. The molecule has 0 N–H and O–H groups in total. The average Bonchev–Trinajstić information content (AvgIpc) is 2.81. The molecule has 46 heavy (non-hydrogen) atoms. The van der Waals surface area contributed by atoms with Gasteiger partial charge in [0.25, 0.3) is 5.24 Å². The molecule has 1 nitrogen and oxygen atoms in total. The van der Waals surface area contributed by atoms with E-state index in [4.69, 9.17) is 0 Å². The van der Waals surface area contributed by atoms with Crippen LogP contribution in [0.1, 0.15) is 0 Å². The van der Waals surface area contributed by atoms with Crippen molar-refractivity contribution in [2.24, 2.45) is 0 Å². The minimum atomic E-state index is -9.98. The molecule has 0 aromatic rings. The molecule has 0 saturated carbocycles. The second-order valence-electron chi connectivity index (χ2n) is 8.24. The van der Waals surface area contributed by atoms with Crippen LogP contribution < -0.4 is 0 Å². The first kappa shape index (κ1) is 43.9. The van der Waals surface area contributed by atoms with Crippen LogP contribution >= 0.6 is 11.6 Å². The first-order valence-electron chi connectivity index (χ1n) is 9.37. The van der Waals surface area contributed by atoms with Crippen LogP contribution in [0.3, 0.4) is 0 Å². The van der Waals surface area contributed by atoms with E-state index in [2.05, 4.69) is 11.6 Å². The molecular formula is C15ClF29O. The van der Waals surface area contributed by atoms with Crippen molar-refractivity contribution in [1.82, 2.24) is 0 Å². The molecule has 0 rings (SSSR count). The lowest BCUT2D eigenvalue weighted by Crippen LogP contribution is -2.79. The van der Waals surface area contributed by atoms with Gasteiger partial charge in [0.15, 0.2) is 0 Å². The summed E-state index contributed by atoms with van der Waals surface area (Å²) in [7, 11) is 0. The zero-order valence-corrected chi connectivity index (χ0v) is 20.0. The standard InChI is InChI=1S/C15ClF29O/c16-1(46)2(17,18)3(19,20)4(21,22)5(23,24)6(25,26)7(27,28)8(29,30)9(31,32)10(33,34)11(35,36)12(37,38)13(39,40)14(41,42)15(43,44)45. The van der Waals surface area contributed by atoms with E-state index < -0.39 is 88.4 Å². The summed E-state index contributed by atoms with van der Waals surface area (Å²) in [6.45, 7) is 0. The second-order valence-corrected chi connectivity index (χ2v) is 8.58. The predicted molar refractivity (Wildman–Crippen MR) is 81.2 cm³/mol. The third kappa shape index (κ3) is 4.80. The molecule has 0 saturated heterocycles. The van der Waals surface area contributed by atoms with Gasteiger partial charge in [0.2, 0.25) is 0 Å². The van der Waals surface area contributed by atoms with E-state index in [1.165, 1.54) is 0 Å². The van der Waals surface area contributed by atoms with Gasteiger partial charge in [0, 0.05) is 0 Å². The van der Waals surface area contributed by atoms with Gasteiger partial charge in [0.1, 0.15) is 0 Å². The maximum atomic E-state index is 13.6. The van der Waals surface area contributed by atoms with Crippen LogP contribution in [0.2, 0.25) is 0 Å². The Balaban J connectivity index is 7.59. The Hall–Kier alpha value is -2.07. The Kier molecular flexibility index (Phi) is 9.99. The molecule has 31 heteroatoms. The van der Waals surface area contributed by atoms with Crippen molar-refractivity contribution in [2.45, 2.75) is 83.2 Å². The monoisotopic (exact) mass is 782 g/mol. The molecule has 0 aromatic carbocycles. The zero-order chi connectivity index (χ0) is 38.6. The van der Waals surface area contributed by atoms with Gasteiger partial charge in [-0.15, -0.1) is 0 Å². The molecule has 0 aliphatic rings. The average molecular weight is 783 g/mol. The van der Waals surface area contributed by atoms with Crippen LogP contribution in [0.15, 0.2) is 0 Å². The lowest BCUT2D eigenvalue weighted by molar-refractivity contribution is -0.486. The van der Waals surface area contributed by atoms with E-state index in [1.54, 1.807) is 0 Å². The van der Waals surface area contributed by atoms with Crippen molar-refractivity contribution < 1.29 is 132 Å². The number of carbonyl (C=O) groups excluding carboxylic acids is 1. The summed E-state index contributed by atoms with van der Waals surface area (Å²) in [5, 5.41) is -4.30. The number of carbonyl (C=O) groups is 1. The summed E-state index contributed by atoms with van der Waals surface area (Å²) in [5.74, 6) is -122. The van der Waals surface area contributed by atoms with Gasteiger partial charge in [-0.2, -0.15) is 127 Å². The van der Waals surface area contributed by atoms with E-state index >= 15 is 0 Å². The van der Waals surface area contributed by atoms with Crippen LogP contribution in [0, 0.1) is 0 Å². The summed E-state index contributed by atoms with van der Waals surface area (Å²) in [4.78, 5) is 10.1. The predicted octanol–water partition coefficient (Wildman–Crippen LogP) is 9.57. The first-order chi connectivity index (χ1) is 19.2. The summed E-state index contributed by atoms with van der Waals surface area (Å²) >= 11 is 3.58. The van der Waals surface area contributed by atoms with Crippen molar-refractivity contribution in [1.29, 1.82) is 0 Å². The number of hydrogen-bond donors (Lipinski definition) is 0. The molecule has 0 bridgehead atoms. The van der Waals surface area contributed by atoms with Crippen molar-refractivity contribution in [2.75, 3.05) is 0 Å². The van der Waals surface area contributed by atoms with E-state index in [0.717, 1.165) is 0 Å². The largest absolute Gasteiger partial charge is 0.460 e. The van der Waals surface area contributed by atoms with Gasteiger partial charge < -0.3 is 0 Å². The van der Waals surface area contributed by atoms with Crippen LogP contribution in [-0.2, 0) is 4.79 Å². The Morgan fingerprint density at radius 2 is 0.391 bits per heavy atom. The summed E-state index contributed by atoms with van der Waals surface area (Å²) < 4.78 is 383. The SMILES string of the molecule is O=C(Cl)C(F)(F)C(F)(F)C(F)(F)C(F)(F)C(F)(F)C(F)(F)C(F)(F)C(F)(F)C(F)(F)C(F)(F)C(F)(F)C(F)(F)C(F)(F)C(F)(F)F. The molecule has 0 aliphatic heterocycles. The van der Waals surface area contributed by atoms with Crippen LogP contribution in [0.25, 0.3) is 0 Å². The Morgan fingerprint density at radius 3 is 0.522 bits per heavy atom. The molecule has 276 valence electrons. The van der Waals surface area contributed by atoms with Gasteiger partial charge in [-0.3, -0.25) is 4.79 Å². The summed E-state index contributed by atoms with van der Waals surface area (Å²) in [5.41, 5.74) is 0. The van der Waals surface area contributed by atoms with Crippen molar-refractivity contribution in [3.8, 4) is 0 Å². The third-order valence-electron chi connectivity index (χ3n) is 5.33. The molecule has 0 spiro atoms.